The summed E-state index contributed by atoms with van der Waals surface area (Å²) in [6, 6.07) is 18.9. The van der Waals surface area contributed by atoms with Crippen molar-refractivity contribution in [2.75, 3.05) is 0 Å². The number of phenols is 1. The third-order valence-electron chi connectivity index (χ3n) is 4.04. The molecule has 118 valence electrons. The number of benzene rings is 3. The maximum absolute atomic E-state index is 13.2. The average molecular weight is 445 g/mol. The largest absolute Gasteiger partial charge is 0.506 e. The molecule has 0 saturated heterocycles. The summed E-state index contributed by atoms with van der Waals surface area (Å²) in [5.41, 5.74) is 1.88. The van der Waals surface area contributed by atoms with Gasteiger partial charge in [0.05, 0.1) is 21.1 Å². The van der Waals surface area contributed by atoms with E-state index in [1.54, 1.807) is 16.7 Å². The zero-order chi connectivity index (χ0) is 16.8. The van der Waals surface area contributed by atoms with Crippen LogP contribution in [-0.4, -0.2) is 15.6 Å². The molecule has 0 unspecified atom stereocenters. The second kappa shape index (κ2) is 5.76. The molecule has 0 spiro atoms. The van der Waals surface area contributed by atoms with Crippen molar-refractivity contribution in [2.24, 2.45) is 0 Å². The van der Waals surface area contributed by atoms with Crippen molar-refractivity contribution in [3.8, 4) is 5.75 Å². The van der Waals surface area contributed by atoms with Crippen LogP contribution in [0.4, 0.5) is 0 Å². The molecule has 0 aliphatic heterocycles. The minimum atomic E-state index is -0.271. The Hall–Kier alpha value is -2.11. The Morgan fingerprint density at radius 3 is 2.00 bits per heavy atom. The van der Waals surface area contributed by atoms with Crippen molar-refractivity contribution in [1.82, 2.24) is 4.57 Å². The van der Waals surface area contributed by atoms with E-state index in [1.165, 1.54) is 0 Å². The molecule has 5 heteroatoms. The number of aromatic hydroxyl groups is 1. The topological polar surface area (TPSA) is 42.2 Å². The number of rotatable bonds is 1. The molecule has 4 aromatic rings. The van der Waals surface area contributed by atoms with Gasteiger partial charge in [0.15, 0.2) is 0 Å². The van der Waals surface area contributed by atoms with Gasteiger partial charge in [0.25, 0.3) is 5.91 Å². The molecule has 3 nitrogen and oxygen atoms in total. The van der Waals surface area contributed by atoms with Gasteiger partial charge >= 0.3 is 0 Å². The Labute approximate surface area is 154 Å². The Bertz CT molecular complexity index is 1060. The van der Waals surface area contributed by atoms with Crippen molar-refractivity contribution in [2.45, 2.75) is 0 Å². The standard InChI is InChI=1S/C19H11Br2NO2/c20-11-9-14(18(23)15(21)10-11)19(24)22-16-7-3-1-5-12(16)13-6-2-4-8-17(13)22/h1-10,23H. The molecule has 1 aromatic heterocycles. The molecule has 0 saturated carbocycles. The average Bonchev–Trinajstić information content (AvgIpc) is 2.92. The lowest BCUT2D eigenvalue weighted by Crippen LogP contribution is -2.12. The van der Waals surface area contributed by atoms with E-state index in [0.717, 1.165) is 26.3 Å². The quantitative estimate of drug-likeness (QED) is 0.408. The van der Waals surface area contributed by atoms with Gasteiger partial charge in [-0.15, -0.1) is 0 Å². The van der Waals surface area contributed by atoms with E-state index in [1.807, 2.05) is 48.5 Å². The molecule has 0 radical (unpaired) electrons. The Kier molecular flexibility index (Phi) is 3.70. The zero-order valence-corrected chi connectivity index (χ0v) is 15.5. The van der Waals surface area contributed by atoms with Crippen LogP contribution in [0.2, 0.25) is 0 Å². The van der Waals surface area contributed by atoms with Crippen LogP contribution in [0, 0.1) is 0 Å². The zero-order valence-electron chi connectivity index (χ0n) is 12.3. The number of nitrogens with zero attached hydrogens (tertiary/aromatic N) is 1. The van der Waals surface area contributed by atoms with Crippen molar-refractivity contribution < 1.29 is 9.90 Å². The van der Waals surface area contributed by atoms with Crippen LogP contribution in [0.15, 0.2) is 69.6 Å². The van der Waals surface area contributed by atoms with Crippen LogP contribution in [0.5, 0.6) is 5.75 Å². The molecule has 0 amide bonds. The van der Waals surface area contributed by atoms with Crippen molar-refractivity contribution in [3.05, 3.63) is 75.2 Å². The van der Waals surface area contributed by atoms with Gasteiger partial charge in [0, 0.05) is 15.2 Å². The highest BCUT2D eigenvalue weighted by Gasteiger charge is 2.21. The lowest BCUT2D eigenvalue weighted by molar-refractivity contribution is 0.0966. The number of fused-ring (bicyclic) bond motifs is 3. The number of hydrogen-bond acceptors (Lipinski definition) is 2. The van der Waals surface area contributed by atoms with Gasteiger partial charge in [0.2, 0.25) is 0 Å². The first kappa shape index (κ1) is 15.4. The van der Waals surface area contributed by atoms with E-state index in [0.29, 0.717) is 4.47 Å². The number of aromatic nitrogens is 1. The first-order chi connectivity index (χ1) is 11.6. The molecular formula is C19H11Br2NO2. The van der Waals surface area contributed by atoms with Gasteiger partial charge in [-0.3, -0.25) is 9.36 Å². The van der Waals surface area contributed by atoms with E-state index in [9.17, 15) is 9.90 Å². The van der Waals surface area contributed by atoms with Crippen molar-refractivity contribution >= 4 is 59.6 Å². The van der Waals surface area contributed by atoms with E-state index < -0.39 is 0 Å². The fourth-order valence-electron chi connectivity index (χ4n) is 2.99. The molecular weight excluding hydrogens is 434 g/mol. The highest BCUT2D eigenvalue weighted by molar-refractivity contribution is 9.11. The molecule has 0 aliphatic rings. The van der Waals surface area contributed by atoms with E-state index in [-0.39, 0.29) is 17.2 Å². The third-order valence-corrected chi connectivity index (χ3v) is 5.10. The van der Waals surface area contributed by atoms with Crippen molar-refractivity contribution in [1.29, 1.82) is 0 Å². The van der Waals surface area contributed by atoms with Gasteiger partial charge in [-0.1, -0.05) is 52.3 Å². The van der Waals surface area contributed by atoms with E-state index in [2.05, 4.69) is 31.9 Å². The molecule has 0 atom stereocenters. The highest BCUT2D eigenvalue weighted by atomic mass is 79.9. The molecule has 3 aromatic carbocycles. The Balaban J connectivity index is 2.07. The molecule has 24 heavy (non-hydrogen) atoms. The number of hydrogen-bond donors (Lipinski definition) is 1. The van der Waals surface area contributed by atoms with Crippen LogP contribution in [0.3, 0.4) is 0 Å². The summed E-state index contributed by atoms with van der Waals surface area (Å²) in [6.07, 6.45) is 0. The monoisotopic (exact) mass is 443 g/mol. The summed E-state index contributed by atoms with van der Waals surface area (Å²) in [4.78, 5) is 13.2. The number of phenolic OH excluding ortho intramolecular Hbond substituents is 1. The van der Waals surface area contributed by atoms with Gasteiger partial charge in [0.1, 0.15) is 5.75 Å². The molecule has 1 N–H and O–H groups in total. The second-order valence-electron chi connectivity index (χ2n) is 5.46. The smallest absolute Gasteiger partial charge is 0.266 e. The highest BCUT2D eigenvalue weighted by Crippen LogP contribution is 2.35. The van der Waals surface area contributed by atoms with Crippen LogP contribution < -0.4 is 0 Å². The molecule has 0 bridgehead atoms. The first-order valence-electron chi connectivity index (χ1n) is 7.29. The summed E-state index contributed by atoms with van der Waals surface area (Å²) in [5.74, 6) is -0.336. The summed E-state index contributed by atoms with van der Waals surface area (Å²) in [5, 5.41) is 12.4. The van der Waals surface area contributed by atoms with Gasteiger partial charge in [-0.05, 0) is 40.2 Å². The fraction of sp³-hybridized carbons (Fsp3) is 0. The van der Waals surface area contributed by atoms with Crippen LogP contribution in [0.25, 0.3) is 21.8 Å². The minimum Gasteiger partial charge on any atom is -0.506 e. The number of carbonyl (C=O) groups is 1. The SMILES string of the molecule is O=C(c1cc(Br)cc(Br)c1O)n1c2ccccc2c2ccccc21. The summed E-state index contributed by atoms with van der Waals surface area (Å²) >= 11 is 6.66. The van der Waals surface area contributed by atoms with Gasteiger partial charge in [-0.2, -0.15) is 0 Å². The van der Waals surface area contributed by atoms with Crippen LogP contribution in [-0.2, 0) is 0 Å². The van der Waals surface area contributed by atoms with Crippen molar-refractivity contribution in [3.63, 3.8) is 0 Å². The summed E-state index contributed by atoms with van der Waals surface area (Å²) < 4.78 is 2.84. The molecule has 0 aliphatic carbocycles. The minimum absolute atomic E-state index is 0.0648. The normalized spacial score (nSPS) is 11.2. The third kappa shape index (κ3) is 2.27. The second-order valence-corrected chi connectivity index (χ2v) is 7.23. The maximum Gasteiger partial charge on any atom is 0.266 e. The fourth-order valence-corrected chi connectivity index (χ4v) is 4.22. The lowest BCUT2D eigenvalue weighted by atomic mass is 10.2. The molecule has 0 fully saturated rings. The number of carbonyl (C=O) groups excluding carboxylic acids is 1. The lowest BCUT2D eigenvalue weighted by Gasteiger charge is -2.10. The Morgan fingerprint density at radius 2 is 1.42 bits per heavy atom. The predicted molar refractivity (Wildman–Crippen MR) is 103 cm³/mol. The van der Waals surface area contributed by atoms with Gasteiger partial charge in [-0.25, -0.2) is 0 Å². The van der Waals surface area contributed by atoms with Gasteiger partial charge < -0.3 is 5.11 Å². The predicted octanol–water partition coefficient (Wildman–Crippen LogP) is 5.71. The number of para-hydroxylation sites is 2. The van der Waals surface area contributed by atoms with E-state index in [4.69, 9.17) is 0 Å². The van der Waals surface area contributed by atoms with Crippen LogP contribution in [0.1, 0.15) is 10.4 Å². The first-order valence-corrected chi connectivity index (χ1v) is 8.87. The summed E-state index contributed by atoms with van der Waals surface area (Å²) in [7, 11) is 0. The Morgan fingerprint density at radius 1 is 0.875 bits per heavy atom. The van der Waals surface area contributed by atoms with E-state index >= 15 is 0 Å². The number of halogens is 2. The maximum atomic E-state index is 13.2. The molecule has 1 heterocycles. The molecule has 4 rings (SSSR count). The van der Waals surface area contributed by atoms with Crippen LogP contribution >= 0.6 is 31.9 Å². The summed E-state index contributed by atoms with van der Waals surface area (Å²) in [6.45, 7) is 0.